The number of fused-ring (bicyclic) bond motifs is 2. The van der Waals surface area contributed by atoms with Crippen molar-refractivity contribution in [1.82, 2.24) is 4.90 Å². The fourth-order valence-electron chi connectivity index (χ4n) is 4.69. The summed E-state index contributed by atoms with van der Waals surface area (Å²) in [4.78, 5) is 2.26. The summed E-state index contributed by atoms with van der Waals surface area (Å²) in [5.41, 5.74) is 1.75. The lowest BCUT2D eigenvalue weighted by atomic mass is 9.64. The van der Waals surface area contributed by atoms with E-state index in [9.17, 15) is 5.11 Å². The molecular weight excluding hydrogens is 282 g/mol. The van der Waals surface area contributed by atoms with Gasteiger partial charge in [-0.2, -0.15) is 0 Å². The number of aliphatic hydroxyl groups is 1. The van der Waals surface area contributed by atoms with Gasteiger partial charge in [0.1, 0.15) is 5.72 Å². The monoisotopic (exact) mass is 301 g/mol. The fraction of sp³-hybridized carbons (Fsp3) is 0.529. The van der Waals surface area contributed by atoms with Crippen molar-refractivity contribution in [1.29, 1.82) is 0 Å². The van der Waals surface area contributed by atoms with Gasteiger partial charge in [0, 0.05) is 13.0 Å². The van der Waals surface area contributed by atoms with Gasteiger partial charge in [0.05, 0.1) is 18.1 Å². The van der Waals surface area contributed by atoms with Crippen molar-refractivity contribution in [2.75, 3.05) is 20.4 Å². The van der Waals surface area contributed by atoms with Crippen LogP contribution < -0.4 is 9.47 Å². The summed E-state index contributed by atoms with van der Waals surface area (Å²) in [5, 5.41) is 10.2. The molecule has 1 fully saturated rings. The van der Waals surface area contributed by atoms with Crippen molar-refractivity contribution in [2.24, 2.45) is 0 Å². The van der Waals surface area contributed by atoms with Gasteiger partial charge >= 0.3 is 0 Å². The van der Waals surface area contributed by atoms with Crippen LogP contribution >= 0.6 is 0 Å². The first kappa shape index (κ1) is 12.9. The van der Waals surface area contributed by atoms with Gasteiger partial charge in [-0.05, 0) is 36.7 Å². The largest absolute Gasteiger partial charge is 0.454 e. The molecule has 3 heterocycles. The number of hydrogen-bond donors (Lipinski definition) is 1. The molecule has 0 radical (unpaired) electrons. The highest BCUT2D eigenvalue weighted by Crippen LogP contribution is 2.58. The summed E-state index contributed by atoms with van der Waals surface area (Å²) < 4.78 is 17.5. The summed E-state index contributed by atoms with van der Waals surface area (Å²) in [7, 11) is 2.09. The molecule has 1 N–H and O–H groups in total. The molecule has 3 atom stereocenters. The van der Waals surface area contributed by atoms with E-state index in [1.165, 1.54) is 5.56 Å². The van der Waals surface area contributed by atoms with Gasteiger partial charge in [-0.1, -0.05) is 12.2 Å². The van der Waals surface area contributed by atoms with Gasteiger partial charge < -0.3 is 19.3 Å². The van der Waals surface area contributed by atoms with Crippen molar-refractivity contribution < 1.29 is 19.3 Å². The molecule has 116 valence electrons. The van der Waals surface area contributed by atoms with E-state index >= 15 is 0 Å². The molecule has 1 saturated heterocycles. The Morgan fingerprint density at radius 1 is 1.27 bits per heavy atom. The molecule has 5 rings (SSSR count). The number of likely N-dealkylation sites (tertiary alicyclic amines) is 1. The number of benzene rings is 1. The lowest BCUT2D eigenvalue weighted by Crippen LogP contribution is -2.61. The predicted molar refractivity (Wildman–Crippen MR) is 78.8 cm³/mol. The van der Waals surface area contributed by atoms with E-state index in [2.05, 4.69) is 24.1 Å². The van der Waals surface area contributed by atoms with Gasteiger partial charge in [0.25, 0.3) is 0 Å². The number of aliphatic hydroxyl groups excluding tert-OH is 1. The molecule has 3 aliphatic heterocycles. The van der Waals surface area contributed by atoms with E-state index in [0.717, 1.165) is 30.0 Å². The molecule has 22 heavy (non-hydrogen) atoms. The van der Waals surface area contributed by atoms with Crippen LogP contribution in [0.15, 0.2) is 24.3 Å². The van der Waals surface area contributed by atoms with Crippen LogP contribution in [0.25, 0.3) is 0 Å². The summed E-state index contributed by atoms with van der Waals surface area (Å²) >= 11 is 0. The Morgan fingerprint density at radius 3 is 2.95 bits per heavy atom. The van der Waals surface area contributed by atoms with E-state index in [1.54, 1.807) is 0 Å². The van der Waals surface area contributed by atoms with Crippen LogP contribution in [0.1, 0.15) is 24.0 Å². The molecule has 1 aromatic rings. The zero-order valence-electron chi connectivity index (χ0n) is 12.5. The molecule has 0 saturated carbocycles. The minimum absolute atomic E-state index is 0.213. The van der Waals surface area contributed by atoms with Crippen molar-refractivity contribution in [3.63, 3.8) is 0 Å². The van der Waals surface area contributed by atoms with Gasteiger partial charge in [-0.15, -0.1) is 0 Å². The Hall–Kier alpha value is -1.56. The summed E-state index contributed by atoms with van der Waals surface area (Å²) in [6.07, 6.45) is 5.21. The number of likely N-dealkylation sites (N-methyl/N-ethyl adjacent to an activating group) is 1. The predicted octanol–water partition coefficient (Wildman–Crippen LogP) is 1.54. The maximum atomic E-state index is 10.2. The molecule has 5 nitrogen and oxygen atoms in total. The molecular formula is C17H19NO4. The normalized spacial score (nSPS) is 38.5. The second-order valence-electron chi connectivity index (χ2n) is 6.71. The van der Waals surface area contributed by atoms with Crippen molar-refractivity contribution in [2.45, 2.75) is 36.7 Å². The minimum Gasteiger partial charge on any atom is -0.454 e. The van der Waals surface area contributed by atoms with Crippen molar-refractivity contribution in [3.8, 4) is 11.5 Å². The van der Waals surface area contributed by atoms with Gasteiger partial charge in [-0.25, -0.2) is 0 Å². The van der Waals surface area contributed by atoms with E-state index in [4.69, 9.17) is 14.2 Å². The molecule has 0 amide bonds. The van der Waals surface area contributed by atoms with Crippen LogP contribution in [0.3, 0.4) is 0 Å². The van der Waals surface area contributed by atoms with Gasteiger partial charge in [0.2, 0.25) is 6.79 Å². The highest BCUT2D eigenvalue weighted by Gasteiger charge is 2.63. The highest BCUT2D eigenvalue weighted by molar-refractivity contribution is 5.55. The first-order chi connectivity index (χ1) is 10.6. The number of nitrogens with zero attached hydrogens (tertiary/aromatic N) is 1. The number of hydrogen-bond acceptors (Lipinski definition) is 5. The van der Waals surface area contributed by atoms with E-state index in [-0.39, 0.29) is 12.2 Å². The third-order valence-electron chi connectivity index (χ3n) is 5.79. The average molecular weight is 301 g/mol. The van der Waals surface area contributed by atoms with E-state index in [1.807, 2.05) is 12.1 Å². The van der Waals surface area contributed by atoms with E-state index < -0.39 is 11.8 Å². The number of rotatable bonds is 0. The lowest BCUT2D eigenvalue weighted by Gasteiger charge is -2.53. The first-order valence-electron chi connectivity index (χ1n) is 7.80. The lowest BCUT2D eigenvalue weighted by molar-refractivity contribution is -0.190. The third-order valence-corrected chi connectivity index (χ3v) is 5.79. The molecule has 1 aliphatic carbocycles. The highest BCUT2D eigenvalue weighted by atomic mass is 16.7. The SMILES string of the molecule is CN1CCC23C=CC(O)CC12OCc1cc2c(cc13)OCO2. The minimum atomic E-state index is -0.456. The summed E-state index contributed by atoms with van der Waals surface area (Å²) in [6.45, 7) is 1.77. The van der Waals surface area contributed by atoms with Gasteiger partial charge in [-0.3, -0.25) is 4.90 Å². The van der Waals surface area contributed by atoms with Crippen LogP contribution in [0.5, 0.6) is 11.5 Å². The smallest absolute Gasteiger partial charge is 0.231 e. The molecule has 0 spiro atoms. The fourth-order valence-corrected chi connectivity index (χ4v) is 4.69. The standard InChI is InChI=1S/C17H19NO4/c1-18-5-4-16-3-2-12(19)8-17(16,18)22-9-11-6-14-15(7-13(11)16)21-10-20-14/h2-3,6-7,12,19H,4-5,8-10H2,1H3. The van der Waals surface area contributed by atoms with Crippen molar-refractivity contribution in [3.05, 3.63) is 35.4 Å². The maximum Gasteiger partial charge on any atom is 0.231 e. The summed E-state index contributed by atoms with van der Waals surface area (Å²) in [6, 6.07) is 4.17. The second-order valence-corrected chi connectivity index (χ2v) is 6.71. The molecule has 3 unspecified atom stereocenters. The number of ether oxygens (including phenoxy) is 3. The third kappa shape index (κ3) is 1.35. The van der Waals surface area contributed by atoms with E-state index in [0.29, 0.717) is 13.0 Å². The van der Waals surface area contributed by atoms with Crippen LogP contribution in [0, 0.1) is 0 Å². The topological polar surface area (TPSA) is 51.2 Å². The Bertz CT molecular complexity index is 687. The summed E-state index contributed by atoms with van der Waals surface area (Å²) in [5.74, 6) is 1.62. The molecule has 4 aliphatic rings. The Morgan fingerprint density at radius 2 is 2.09 bits per heavy atom. The van der Waals surface area contributed by atoms with Crippen LogP contribution in [-0.4, -0.2) is 42.2 Å². The van der Waals surface area contributed by atoms with Crippen LogP contribution in [-0.2, 0) is 16.8 Å². The molecule has 5 heteroatoms. The molecule has 0 bridgehead atoms. The van der Waals surface area contributed by atoms with Gasteiger partial charge in [0.15, 0.2) is 11.5 Å². The van der Waals surface area contributed by atoms with Crippen LogP contribution in [0.4, 0.5) is 0 Å². The first-order valence-corrected chi connectivity index (χ1v) is 7.80. The quantitative estimate of drug-likeness (QED) is 0.737. The van der Waals surface area contributed by atoms with Crippen molar-refractivity contribution >= 4 is 0 Å². The Labute approximate surface area is 129 Å². The Balaban J connectivity index is 1.76. The molecule has 1 aromatic carbocycles. The average Bonchev–Trinajstić information content (AvgIpc) is 3.08. The molecule has 0 aromatic heterocycles. The van der Waals surface area contributed by atoms with Crippen LogP contribution in [0.2, 0.25) is 0 Å². The Kier molecular flexibility index (Phi) is 2.38. The zero-order chi connectivity index (χ0) is 14.9. The zero-order valence-corrected chi connectivity index (χ0v) is 12.5. The second kappa shape index (κ2) is 4.04. The maximum absolute atomic E-state index is 10.2.